The van der Waals surface area contributed by atoms with E-state index in [4.69, 9.17) is 10.8 Å². The van der Waals surface area contributed by atoms with E-state index < -0.39 is 0 Å². The zero-order valence-corrected chi connectivity index (χ0v) is 18.8. The molecule has 0 radical (unpaired) electrons. The molecule has 0 spiro atoms. The molecule has 2 saturated carbocycles. The molecular formula is C23H33BrN4O. The number of halogens is 1. The van der Waals surface area contributed by atoms with Crippen LogP contribution in [0, 0.1) is 5.92 Å². The molecule has 3 N–H and O–H groups in total. The van der Waals surface area contributed by atoms with E-state index in [1.807, 2.05) is 0 Å². The number of aromatic nitrogens is 2. The van der Waals surface area contributed by atoms with Crippen LogP contribution in [-0.2, 0) is 17.8 Å². The van der Waals surface area contributed by atoms with E-state index in [2.05, 4.69) is 44.1 Å². The molecule has 4 rings (SSSR count). The number of benzene rings is 1. The molecule has 0 bridgehead atoms. The Hall–Kier alpha value is -1.40. The van der Waals surface area contributed by atoms with Crippen molar-refractivity contribution in [3.8, 4) is 0 Å². The SMILES string of the molecule is NC1CCC(NC(=O)CCc2nn(CC3CCCCC3)c3ccc(Br)cc23)CC1. The average Bonchev–Trinajstić information content (AvgIpc) is 3.05. The summed E-state index contributed by atoms with van der Waals surface area (Å²) in [6, 6.07) is 6.99. The highest BCUT2D eigenvalue weighted by molar-refractivity contribution is 9.10. The number of amides is 1. The molecular weight excluding hydrogens is 428 g/mol. The third-order valence-electron chi connectivity index (χ3n) is 6.67. The van der Waals surface area contributed by atoms with Gasteiger partial charge in [-0.2, -0.15) is 5.10 Å². The predicted octanol–water partition coefficient (Wildman–Crippen LogP) is 4.70. The summed E-state index contributed by atoms with van der Waals surface area (Å²) >= 11 is 3.60. The fourth-order valence-electron chi connectivity index (χ4n) is 4.95. The number of nitrogens with zero attached hydrogens (tertiary/aromatic N) is 2. The second kappa shape index (κ2) is 9.61. The fourth-order valence-corrected chi connectivity index (χ4v) is 5.31. The monoisotopic (exact) mass is 460 g/mol. The molecule has 2 fully saturated rings. The van der Waals surface area contributed by atoms with Crippen LogP contribution in [0.3, 0.4) is 0 Å². The van der Waals surface area contributed by atoms with Crippen LogP contribution < -0.4 is 11.1 Å². The summed E-state index contributed by atoms with van der Waals surface area (Å²) in [6.07, 6.45) is 11.9. The molecule has 0 saturated heterocycles. The van der Waals surface area contributed by atoms with Crippen LogP contribution in [0.4, 0.5) is 0 Å². The first-order valence-electron chi connectivity index (χ1n) is 11.3. The van der Waals surface area contributed by atoms with Crippen molar-refractivity contribution < 1.29 is 4.79 Å². The number of rotatable bonds is 6. The van der Waals surface area contributed by atoms with Crippen molar-refractivity contribution in [1.29, 1.82) is 0 Å². The Balaban J connectivity index is 1.42. The van der Waals surface area contributed by atoms with Gasteiger partial charge in [0, 0.05) is 41.3 Å². The molecule has 0 unspecified atom stereocenters. The molecule has 2 aliphatic carbocycles. The minimum Gasteiger partial charge on any atom is -0.353 e. The normalized spacial score (nSPS) is 23.4. The highest BCUT2D eigenvalue weighted by Gasteiger charge is 2.21. The second-order valence-corrected chi connectivity index (χ2v) is 9.89. The molecule has 29 heavy (non-hydrogen) atoms. The summed E-state index contributed by atoms with van der Waals surface area (Å²) in [6.45, 7) is 0.993. The number of carbonyl (C=O) groups excluding carboxylic acids is 1. The molecule has 158 valence electrons. The summed E-state index contributed by atoms with van der Waals surface area (Å²) in [5.41, 5.74) is 8.20. The quantitative estimate of drug-likeness (QED) is 0.655. The Labute approximate surface area is 181 Å². The predicted molar refractivity (Wildman–Crippen MR) is 121 cm³/mol. The minimum atomic E-state index is 0.135. The third-order valence-corrected chi connectivity index (χ3v) is 7.16. The lowest BCUT2D eigenvalue weighted by Gasteiger charge is -2.26. The lowest BCUT2D eigenvalue weighted by molar-refractivity contribution is -0.122. The van der Waals surface area contributed by atoms with Crippen LogP contribution in [0.5, 0.6) is 0 Å². The molecule has 0 aliphatic heterocycles. The van der Waals surface area contributed by atoms with Gasteiger partial charge in [0.1, 0.15) is 0 Å². The Kier molecular flexibility index (Phi) is 6.91. The van der Waals surface area contributed by atoms with Crippen LogP contribution in [0.15, 0.2) is 22.7 Å². The largest absolute Gasteiger partial charge is 0.353 e. The maximum Gasteiger partial charge on any atom is 0.220 e. The highest BCUT2D eigenvalue weighted by atomic mass is 79.9. The number of fused-ring (bicyclic) bond motifs is 1. The standard InChI is InChI=1S/C23H33BrN4O/c24-17-6-12-22-20(14-17)21(27-28(22)15-16-4-2-1-3-5-16)11-13-23(29)26-19-9-7-18(25)8-10-19/h6,12,14,16,18-19H,1-5,7-11,13,15,25H2,(H,26,29). The van der Waals surface area contributed by atoms with Gasteiger partial charge < -0.3 is 11.1 Å². The first-order valence-corrected chi connectivity index (χ1v) is 12.1. The molecule has 1 amide bonds. The van der Waals surface area contributed by atoms with Crippen LogP contribution >= 0.6 is 15.9 Å². The Morgan fingerprint density at radius 2 is 1.90 bits per heavy atom. The lowest BCUT2D eigenvalue weighted by Crippen LogP contribution is -2.40. The number of nitrogens with two attached hydrogens (primary N) is 1. The van der Waals surface area contributed by atoms with Gasteiger partial charge in [0.25, 0.3) is 0 Å². The van der Waals surface area contributed by atoms with Crippen LogP contribution in [0.1, 0.15) is 69.9 Å². The van der Waals surface area contributed by atoms with E-state index in [0.29, 0.717) is 18.9 Å². The molecule has 0 atom stereocenters. The maximum atomic E-state index is 12.5. The zero-order valence-electron chi connectivity index (χ0n) is 17.2. The summed E-state index contributed by atoms with van der Waals surface area (Å²) < 4.78 is 3.25. The first kappa shape index (κ1) is 20.9. The fraction of sp³-hybridized carbons (Fsp3) is 0.652. The van der Waals surface area contributed by atoms with Gasteiger partial charge in [0.2, 0.25) is 5.91 Å². The van der Waals surface area contributed by atoms with Gasteiger partial charge in [-0.25, -0.2) is 0 Å². The van der Waals surface area contributed by atoms with Gasteiger partial charge in [-0.05, 0) is 62.6 Å². The van der Waals surface area contributed by atoms with Crippen LogP contribution in [0.25, 0.3) is 10.9 Å². The van der Waals surface area contributed by atoms with E-state index >= 15 is 0 Å². The number of hydrogen-bond acceptors (Lipinski definition) is 3. The van der Waals surface area contributed by atoms with Gasteiger partial charge in [0.05, 0.1) is 11.2 Å². The molecule has 2 aliphatic rings. The van der Waals surface area contributed by atoms with Crippen molar-refractivity contribution >= 4 is 32.7 Å². The van der Waals surface area contributed by atoms with Gasteiger partial charge in [-0.1, -0.05) is 35.2 Å². The number of hydrogen-bond donors (Lipinski definition) is 2. The van der Waals surface area contributed by atoms with Crippen molar-refractivity contribution in [2.75, 3.05) is 0 Å². The summed E-state index contributed by atoms with van der Waals surface area (Å²) in [7, 11) is 0. The summed E-state index contributed by atoms with van der Waals surface area (Å²) in [5.74, 6) is 0.861. The van der Waals surface area contributed by atoms with Crippen molar-refractivity contribution in [2.24, 2.45) is 11.7 Å². The highest BCUT2D eigenvalue weighted by Crippen LogP contribution is 2.29. The van der Waals surface area contributed by atoms with E-state index in [1.54, 1.807) is 0 Å². The van der Waals surface area contributed by atoms with Crippen molar-refractivity contribution in [1.82, 2.24) is 15.1 Å². The number of aryl methyl sites for hydroxylation is 1. The van der Waals surface area contributed by atoms with Gasteiger partial charge in [-0.15, -0.1) is 0 Å². The van der Waals surface area contributed by atoms with E-state index in [-0.39, 0.29) is 11.9 Å². The maximum absolute atomic E-state index is 12.5. The number of carbonyl (C=O) groups is 1. The van der Waals surface area contributed by atoms with Crippen LogP contribution in [-0.4, -0.2) is 27.8 Å². The molecule has 2 aromatic rings. The first-order chi connectivity index (χ1) is 14.1. The zero-order chi connectivity index (χ0) is 20.2. The van der Waals surface area contributed by atoms with Gasteiger partial charge in [-0.3, -0.25) is 9.48 Å². The third kappa shape index (κ3) is 5.40. The molecule has 1 heterocycles. The van der Waals surface area contributed by atoms with E-state index in [9.17, 15) is 4.79 Å². The lowest BCUT2D eigenvalue weighted by atomic mass is 9.89. The van der Waals surface area contributed by atoms with E-state index in [1.165, 1.54) is 43.0 Å². The van der Waals surface area contributed by atoms with Gasteiger partial charge in [0.15, 0.2) is 0 Å². The molecule has 5 nitrogen and oxygen atoms in total. The number of nitrogens with one attached hydrogen (secondary N) is 1. The molecule has 1 aromatic carbocycles. The molecule has 6 heteroatoms. The summed E-state index contributed by atoms with van der Waals surface area (Å²) in [4.78, 5) is 12.5. The Morgan fingerprint density at radius 1 is 1.14 bits per heavy atom. The summed E-state index contributed by atoms with van der Waals surface area (Å²) in [5, 5.41) is 9.33. The van der Waals surface area contributed by atoms with Crippen LogP contribution in [0.2, 0.25) is 0 Å². The van der Waals surface area contributed by atoms with Crippen molar-refractivity contribution in [3.05, 3.63) is 28.4 Å². The second-order valence-electron chi connectivity index (χ2n) is 8.97. The van der Waals surface area contributed by atoms with Crippen molar-refractivity contribution in [3.63, 3.8) is 0 Å². The van der Waals surface area contributed by atoms with E-state index in [0.717, 1.165) is 48.3 Å². The van der Waals surface area contributed by atoms with Crippen molar-refractivity contribution in [2.45, 2.75) is 89.3 Å². The minimum absolute atomic E-state index is 0.135. The van der Waals surface area contributed by atoms with Gasteiger partial charge >= 0.3 is 0 Å². The Bertz CT molecular complexity index is 835. The smallest absolute Gasteiger partial charge is 0.220 e. The topological polar surface area (TPSA) is 72.9 Å². The Morgan fingerprint density at radius 3 is 2.66 bits per heavy atom. The average molecular weight is 461 g/mol. The molecule has 1 aromatic heterocycles.